The first-order valence-corrected chi connectivity index (χ1v) is 8.65. The molecule has 0 heterocycles. The Morgan fingerprint density at radius 1 is 1.00 bits per heavy atom. The van der Waals surface area contributed by atoms with Crippen LogP contribution in [0.3, 0.4) is 0 Å². The van der Waals surface area contributed by atoms with E-state index in [1.54, 1.807) is 24.3 Å². The number of carbonyl (C=O) groups excluding carboxylic acids is 2. The van der Waals surface area contributed by atoms with Crippen LogP contribution < -0.4 is 15.4 Å². The van der Waals surface area contributed by atoms with E-state index in [1.165, 1.54) is 7.11 Å². The molecule has 0 aromatic heterocycles. The minimum absolute atomic E-state index is 0.0984. The molecule has 0 atom stereocenters. The van der Waals surface area contributed by atoms with Crippen LogP contribution in [0, 0.1) is 0 Å². The van der Waals surface area contributed by atoms with E-state index in [1.807, 2.05) is 31.2 Å². The Morgan fingerprint density at radius 2 is 1.78 bits per heavy atom. The van der Waals surface area contributed by atoms with Crippen LogP contribution in [-0.2, 0) is 14.3 Å². The van der Waals surface area contributed by atoms with Gasteiger partial charge in [0.2, 0.25) is 5.91 Å². The van der Waals surface area contributed by atoms with Gasteiger partial charge in [0.1, 0.15) is 12.4 Å². The molecule has 0 aliphatic carbocycles. The molecule has 0 aliphatic heterocycles. The van der Waals surface area contributed by atoms with Crippen LogP contribution in [-0.4, -0.2) is 45.4 Å². The highest BCUT2D eigenvalue weighted by atomic mass is 16.5. The maximum absolute atomic E-state index is 12.1. The summed E-state index contributed by atoms with van der Waals surface area (Å²) in [5, 5.41) is 5.81. The van der Waals surface area contributed by atoms with Crippen LogP contribution in [0.2, 0.25) is 0 Å². The van der Waals surface area contributed by atoms with Crippen molar-refractivity contribution in [1.29, 1.82) is 0 Å². The van der Waals surface area contributed by atoms with Crippen molar-refractivity contribution >= 4 is 23.3 Å². The summed E-state index contributed by atoms with van der Waals surface area (Å²) in [7, 11) is 1.32. The van der Waals surface area contributed by atoms with Crippen molar-refractivity contribution in [2.24, 2.45) is 0 Å². The normalized spacial score (nSPS) is 10.1. The third-order valence-corrected chi connectivity index (χ3v) is 3.58. The summed E-state index contributed by atoms with van der Waals surface area (Å²) in [6.07, 6.45) is 0. The number of anilines is 2. The van der Waals surface area contributed by atoms with Crippen LogP contribution >= 0.6 is 0 Å². The first-order valence-electron chi connectivity index (χ1n) is 8.65. The molecule has 0 unspecified atom stereocenters. The van der Waals surface area contributed by atoms with E-state index in [-0.39, 0.29) is 12.5 Å². The van der Waals surface area contributed by atoms with Gasteiger partial charge < -0.3 is 24.8 Å². The zero-order chi connectivity index (χ0) is 19.5. The maximum Gasteiger partial charge on any atom is 0.337 e. The molecule has 0 saturated heterocycles. The van der Waals surface area contributed by atoms with Crippen LogP contribution in [0.1, 0.15) is 17.3 Å². The highest BCUT2D eigenvalue weighted by Gasteiger charge is 2.06. The Bertz CT molecular complexity index is 746. The molecule has 0 fully saturated rings. The van der Waals surface area contributed by atoms with Gasteiger partial charge in [-0.05, 0) is 43.3 Å². The van der Waals surface area contributed by atoms with Crippen molar-refractivity contribution in [2.45, 2.75) is 6.92 Å². The smallest absolute Gasteiger partial charge is 0.337 e. The Kier molecular flexibility index (Phi) is 8.12. The molecule has 2 rings (SSSR count). The predicted molar refractivity (Wildman–Crippen MR) is 103 cm³/mol. The first kappa shape index (κ1) is 20.3. The number of methoxy groups -OCH3 is 1. The molecule has 0 saturated carbocycles. The Labute approximate surface area is 158 Å². The van der Waals surface area contributed by atoms with Gasteiger partial charge >= 0.3 is 5.97 Å². The highest BCUT2D eigenvalue weighted by Crippen LogP contribution is 2.17. The van der Waals surface area contributed by atoms with Gasteiger partial charge in [0.15, 0.2) is 0 Å². The zero-order valence-corrected chi connectivity index (χ0v) is 15.5. The molecule has 7 nitrogen and oxygen atoms in total. The largest absolute Gasteiger partial charge is 0.491 e. The minimum atomic E-state index is -0.419. The number of esters is 1. The fourth-order valence-electron chi connectivity index (χ4n) is 2.25. The molecule has 0 spiro atoms. The maximum atomic E-state index is 12.1. The third kappa shape index (κ3) is 6.99. The Morgan fingerprint density at radius 3 is 2.48 bits per heavy atom. The zero-order valence-electron chi connectivity index (χ0n) is 15.5. The first-order chi connectivity index (χ1) is 13.1. The Hall–Kier alpha value is -3.06. The summed E-state index contributed by atoms with van der Waals surface area (Å²) in [5.74, 6) is 0.0832. The number of hydrogen-bond acceptors (Lipinski definition) is 6. The third-order valence-electron chi connectivity index (χ3n) is 3.58. The summed E-state index contributed by atoms with van der Waals surface area (Å²) in [4.78, 5) is 23.5. The van der Waals surface area contributed by atoms with Gasteiger partial charge in [0.25, 0.3) is 0 Å². The SMILES string of the molecule is CCOCCOc1cccc(NCC(=O)Nc2ccc(C(=O)OC)cc2)c1. The number of carbonyl (C=O) groups is 2. The lowest BCUT2D eigenvalue weighted by molar-refractivity contribution is -0.114. The van der Waals surface area contributed by atoms with Crippen molar-refractivity contribution < 1.29 is 23.8 Å². The van der Waals surface area contributed by atoms with E-state index in [2.05, 4.69) is 15.4 Å². The number of ether oxygens (including phenoxy) is 3. The lowest BCUT2D eigenvalue weighted by atomic mass is 10.2. The number of benzene rings is 2. The van der Waals surface area contributed by atoms with E-state index in [0.29, 0.717) is 36.8 Å². The molecular formula is C20H24N2O5. The van der Waals surface area contributed by atoms with Gasteiger partial charge in [-0.25, -0.2) is 4.79 Å². The molecule has 7 heteroatoms. The number of hydrogen-bond donors (Lipinski definition) is 2. The predicted octanol–water partition coefficient (Wildman–Crippen LogP) is 2.94. The van der Waals surface area contributed by atoms with Crippen LogP contribution in [0.15, 0.2) is 48.5 Å². The van der Waals surface area contributed by atoms with E-state index in [9.17, 15) is 9.59 Å². The fourth-order valence-corrected chi connectivity index (χ4v) is 2.25. The van der Waals surface area contributed by atoms with Gasteiger partial charge in [-0.1, -0.05) is 6.07 Å². The van der Waals surface area contributed by atoms with Gasteiger partial charge in [0, 0.05) is 24.0 Å². The second-order valence-electron chi connectivity index (χ2n) is 5.54. The standard InChI is InChI=1S/C20H24N2O5/c1-3-26-11-12-27-18-6-4-5-17(13-18)21-14-19(23)22-16-9-7-15(8-10-16)20(24)25-2/h4-10,13,21H,3,11-12,14H2,1-2H3,(H,22,23). The summed E-state index contributed by atoms with van der Waals surface area (Å²) in [6, 6.07) is 13.9. The molecule has 27 heavy (non-hydrogen) atoms. The number of amides is 1. The quantitative estimate of drug-likeness (QED) is 0.493. The van der Waals surface area contributed by atoms with Crippen molar-refractivity contribution in [3.63, 3.8) is 0 Å². The van der Waals surface area contributed by atoms with Crippen molar-refractivity contribution in [3.8, 4) is 5.75 Å². The average molecular weight is 372 g/mol. The van der Waals surface area contributed by atoms with Crippen LogP contribution in [0.5, 0.6) is 5.75 Å². The van der Waals surface area contributed by atoms with E-state index in [4.69, 9.17) is 9.47 Å². The highest BCUT2D eigenvalue weighted by molar-refractivity contribution is 5.95. The van der Waals surface area contributed by atoms with E-state index in [0.717, 1.165) is 5.69 Å². The summed E-state index contributed by atoms with van der Waals surface area (Å²) in [5.41, 5.74) is 1.80. The van der Waals surface area contributed by atoms with Crippen LogP contribution in [0.4, 0.5) is 11.4 Å². The van der Waals surface area contributed by atoms with Crippen LogP contribution in [0.25, 0.3) is 0 Å². The van der Waals surface area contributed by atoms with Gasteiger partial charge in [0.05, 0.1) is 25.8 Å². The van der Waals surface area contributed by atoms with Crippen molar-refractivity contribution in [3.05, 3.63) is 54.1 Å². The molecule has 0 bridgehead atoms. The second kappa shape index (κ2) is 10.8. The van der Waals surface area contributed by atoms with Gasteiger partial charge in [-0.2, -0.15) is 0 Å². The topological polar surface area (TPSA) is 85.9 Å². The molecule has 0 radical (unpaired) electrons. The molecular weight excluding hydrogens is 348 g/mol. The molecule has 0 aliphatic rings. The molecule has 144 valence electrons. The second-order valence-corrected chi connectivity index (χ2v) is 5.54. The lowest BCUT2D eigenvalue weighted by Crippen LogP contribution is -2.21. The summed E-state index contributed by atoms with van der Waals surface area (Å²) < 4.78 is 15.5. The van der Waals surface area contributed by atoms with E-state index >= 15 is 0 Å². The molecule has 2 N–H and O–H groups in total. The minimum Gasteiger partial charge on any atom is -0.491 e. The molecule has 2 aromatic rings. The molecule has 1 amide bonds. The average Bonchev–Trinajstić information content (AvgIpc) is 2.70. The fraction of sp³-hybridized carbons (Fsp3) is 0.300. The summed E-state index contributed by atoms with van der Waals surface area (Å²) in [6.45, 7) is 3.69. The van der Waals surface area contributed by atoms with Gasteiger partial charge in [-0.3, -0.25) is 4.79 Å². The monoisotopic (exact) mass is 372 g/mol. The van der Waals surface area contributed by atoms with Gasteiger partial charge in [-0.15, -0.1) is 0 Å². The molecule has 2 aromatic carbocycles. The number of nitrogens with one attached hydrogen (secondary N) is 2. The lowest BCUT2D eigenvalue weighted by Gasteiger charge is -2.10. The summed E-state index contributed by atoms with van der Waals surface area (Å²) >= 11 is 0. The Balaban J connectivity index is 1.80. The van der Waals surface area contributed by atoms with E-state index < -0.39 is 5.97 Å². The van der Waals surface area contributed by atoms with Crippen molar-refractivity contribution in [1.82, 2.24) is 0 Å². The number of rotatable bonds is 10. The van der Waals surface area contributed by atoms with Crippen molar-refractivity contribution in [2.75, 3.05) is 44.1 Å².